The number of hydrogen-bond acceptors (Lipinski definition) is 3. The summed E-state index contributed by atoms with van der Waals surface area (Å²) in [6, 6.07) is 1.86. The Bertz CT molecular complexity index is 211. The standard InChI is InChI=1S/C15H32N2O/c1-5-8-14(16-9-6-2)15(7-3)17-10-11-18-12-13(17)4/h13-16H,5-12H2,1-4H3. The van der Waals surface area contributed by atoms with Crippen LogP contribution in [0.2, 0.25) is 0 Å². The van der Waals surface area contributed by atoms with E-state index >= 15 is 0 Å². The van der Waals surface area contributed by atoms with Gasteiger partial charge < -0.3 is 10.1 Å². The normalized spacial score (nSPS) is 25.0. The molecule has 108 valence electrons. The predicted molar refractivity (Wildman–Crippen MR) is 78.1 cm³/mol. The largest absolute Gasteiger partial charge is 0.379 e. The van der Waals surface area contributed by atoms with Gasteiger partial charge in [0.15, 0.2) is 0 Å². The van der Waals surface area contributed by atoms with Gasteiger partial charge in [-0.2, -0.15) is 0 Å². The Labute approximate surface area is 113 Å². The van der Waals surface area contributed by atoms with E-state index in [2.05, 4.69) is 37.9 Å². The van der Waals surface area contributed by atoms with Crippen LogP contribution >= 0.6 is 0 Å². The van der Waals surface area contributed by atoms with Crippen LogP contribution in [0.25, 0.3) is 0 Å². The molecule has 3 atom stereocenters. The van der Waals surface area contributed by atoms with E-state index in [1.807, 2.05) is 0 Å². The molecule has 1 N–H and O–H groups in total. The zero-order valence-electron chi connectivity index (χ0n) is 12.7. The minimum Gasteiger partial charge on any atom is -0.379 e. The highest BCUT2D eigenvalue weighted by molar-refractivity contribution is 4.87. The third-order valence-corrected chi connectivity index (χ3v) is 3.98. The van der Waals surface area contributed by atoms with E-state index in [9.17, 15) is 0 Å². The molecule has 0 aromatic heterocycles. The summed E-state index contributed by atoms with van der Waals surface area (Å²) in [7, 11) is 0. The van der Waals surface area contributed by atoms with E-state index in [-0.39, 0.29) is 0 Å². The van der Waals surface area contributed by atoms with Gasteiger partial charge in [0.25, 0.3) is 0 Å². The third-order valence-electron chi connectivity index (χ3n) is 3.98. The van der Waals surface area contributed by atoms with Crippen LogP contribution in [0.15, 0.2) is 0 Å². The average molecular weight is 256 g/mol. The number of ether oxygens (including phenoxy) is 1. The predicted octanol–water partition coefficient (Wildman–Crippen LogP) is 2.65. The Morgan fingerprint density at radius 1 is 1.28 bits per heavy atom. The summed E-state index contributed by atoms with van der Waals surface area (Å²) >= 11 is 0. The molecule has 0 radical (unpaired) electrons. The molecular weight excluding hydrogens is 224 g/mol. The molecule has 3 nitrogen and oxygen atoms in total. The van der Waals surface area contributed by atoms with Gasteiger partial charge in [-0.1, -0.05) is 27.2 Å². The Morgan fingerprint density at radius 2 is 2.06 bits per heavy atom. The lowest BCUT2D eigenvalue weighted by Crippen LogP contribution is -2.56. The number of morpholine rings is 1. The number of nitrogens with zero attached hydrogens (tertiary/aromatic N) is 1. The van der Waals surface area contributed by atoms with Crippen molar-refractivity contribution in [1.29, 1.82) is 0 Å². The van der Waals surface area contributed by atoms with E-state index in [1.165, 1.54) is 25.7 Å². The Hall–Kier alpha value is -0.120. The molecule has 0 bridgehead atoms. The lowest BCUT2D eigenvalue weighted by Gasteiger charge is -2.43. The van der Waals surface area contributed by atoms with Crippen molar-refractivity contribution in [2.75, 3.05) is 26.3 Å². The van der Waals surface area contributed by atoms with Crippen molar-refractivity contribution in [3.8, 4) is 0 Å². The monoisotopic (exact) mass is 256 g/mol. The lowest BCUT2D eigenvalue weighted by molar-refractivity contribution is -0.0313. The molecular formula is C15H32N2O. The smallest absolute Gasteiger partial charge is 0.0619 e. The summed E-state index contributed by atoms with van der Waals surface area (Å²) in [5, 5.41) is 3.76. The van der Waals surface area contributed by atoms with E-state index in [0.717, 1.165) is 26.3 Å². The second kappa shape index (κ2) is 8.89. The summed E-state index contributed by atoms with van der Waals surface area (Å²) < 4.78 is 5.57. The number of nitrogens with one attached hydrogen (secondary N) is 1. The highest BCUT2D eigenvalue weighted by Gasteiger charge is 2.30. The molecule has 18 heavy (non-hydrogen) atoms. The fraction of sp³-hybridized carbons (Fsp3) is 1.00. The first-order chi connectivity index (χ1) is 8.74. The molecule has 0 saturated carbocycles. The topological polar surface area (TPSA) is 24.5 Å². The van der Waals surface area contributed by atoms with Crippen LogP contribution < -0.4 is 5.32 Å². The van der Waals surface area contributed by atoms with Gasteiger partial charge in [-0.15, -0.1) is 0 Å². The molecule has 1 saturated heterocycles. The Balaban J connectivity index is 2.63. The second-order valence-electron chi connectivity index (χ2n) is 5.49. The van der Waals surface area contributed by atoms with Crippen LogP contribution in [-0.4, -0.2) is 49.3 Å². The van der Waals surface area contributed by atoms with Gasteiger partial charge in [0, 0.05) is 24.7 Å². The maximum Gasteiger partial charge on any atom is 0.0619 e. The first kappa shape index (κ1) is 15.9. The van der Waals surface area contributed by atoms with E-state index in [1.54, 1.807) is 0 Å². The van der Waals surface area contributed by atoms with E-state index in [0.29, 0.717) is 18.1 Å². The van der Waals surface area contributed by atoms with Crippen molar-refractivity contribution in [3.63, 3.8) is 0 Å². The SMILES string of the molecule is CCCNC(CCC)C(CC)N1CCOCC1C. The highest BCUT2D eigenvalue weighted by Crippen LogP contribution is 2.19. The molecule has 0 aromatic carbocycles. The lowest BCUT2D eigenvalue weighted by atomic mass is 9.97. The molecule has 1 fully saturated rings. The molecule has 1 rings (SSSR count). The zero-order valence-corrected chi connectivity index (χ0v) is 12.7. The third kappa shape index (κ3) is 4.52. The first-order valence-electron chi connectivity index (χ1n) is 7.81. The summed E-state index contributed by atoms with van der Waals surface area (Å²) in [5.74, 6) is 0. The summed E-state index contributed by atoms with van der Waals surface area (Å²) in [6.07, 6.45) is 4.99. The average Bonchev–Trinajstić information content (AvgIpc) is 2.38. The van der Waals surface area contributed by atoms with Crippen molar-refractivity contribution < 1.29 is 4.74 Å². The van der Waals surface area contributed by atoms with Crippen LogP contribution in [0.1, 0.15) is 53.4 Å². The molecule has 3 unspecified atom stereocenters. The van der Waals surface area contributed by atoms with Gasteiger partial charge >= 0.3 is 0 Å². The Kier molecular flexibility index (Phi) is 7.87. The van der Waals surface area contributed by atoms with Gasteiger partial charge in [-0.3, -0.25) is 4.90 Å². The molecule has 1 heterocycles. The van der Waals surface area contributed by atoms with Gasteiger partial charge in [0.05, 0.1) is 13.2 Å². The summed E-state index contributed by atoms with van der Waals surface area (Å²) in [4.78, 5) is 2.66. The summed E-state index contributed by atoms with van der Waals surface area (Å²) in [6.45, 7) is 13.2. The van der Waals surface area contributed by atoms with Gasteiger partial charge in [-0.05, 0) is 32.7 Å². The molecule has 3 heteroatoms. The molecule has 1 aliphatic rings. The van der Waals surface area contributed by atoms with Crippen molar-refractivity contribution in [2.45, 2.75) is 71.5 Å². The first-order valence-corrected chi connectivity index (χ1v) is 7.81. The Morgan fingerprint density at radius 3 is 2.61 bits per heavy atom. The number of hydrogen-bond donors (Lipinski definition) is 1. The fourth-order valence-corrected chi connectivity index (χ4v) is 3.05. The maximum absolute atomic E-state index is 5.57. The quantitative estimate of drug-likeness (QED) is 0.722. The van der Waals surface area contributed by atoms with Crippen molar-refractivity contribution >= 4 is 0 Å². The maximum atomic E-state index is 5.57. The van der Waals surface area contributed by atoms with Crippen molar-refractivity contribution in [2.24, 2.45) is 0 Å². The van der Waals surface area contributed by atoms with Crippen LogP contribution in [0, 0.1) is 0 Å². The van der Waals surface area contributed by atoms with Gasteiger partial charge in [-0.25, -0.2) is 0 Å². The van der Waals surface area contributed by atoms with Crippen LogP contribution in [0.3, 0.4) is 0 Å². The molecule has 0 spiro atoms. The van der Waals surface area contributed by atoms with Crippen molar-refractivity contribution in [1.82, 2.24) is 10.2 Å². The van der Waals surface area contributed by atoms with Gasteiger partial charge in [0.2, 0.25) is 0 Å². The molecule has 0 aliphatic carbocycles. The van der Waals surface area contributed by atoms with Crippen molar-refractivity contribution in [3.05, 3.63) is 0 Å². The minimum atomic E-state index is 0.562. The molecule has 0 amide bonds. The number of rotatable bonds is 8. The minimum absolute atomic E-state index is 0.562. The van der Waals surface area contributed by atoms with E-state index < -0.39 is 0 Å². The summed E-state index contributed by atoms with van der Waals surface area (Å²) in [5.41, 5.74) is 0. The highest BCUT2D eigenvalue weighted by atomic mass is 16.5. The second-order valence-corrected chi connectivity index (χ2v) is 5.49. The zero-order chi connectivity index (χ0) is 13.4. The molecule has 0 aromatic rings. The molecule has 1 aliphatic heterocycles. The van der Waals surface area contributed by atoms with Crippen LogP contribution in [0.5, 0.6) is 0 Å². The van der Waals surface area contributed by atoms with Crippen LogP contribution in [-0.2, 0) is 4.74 Å². The van der Waals surface area contributed by atoms with E-state index in [4.69, 9.17) is 4.74 Å². The van der Waals surface area contributed by atoms with Crippen LogP contribution in [0.4, 0.5) is 0 Å². The fourth-order valence-electron chi connectivity index (χ4n) is 3.05. The van der Waals surface area contributed by atoms with Gasteiger partial charge in [0.1, 0.15) is 0 Å².